The van der Waals surface area contributed by atoms with Crippen molar-refractivity contribution in [1.29, 1.82) is 0 Å². The SMILES string of the molecule is CCCN(CCC)Cn1c(O)c(N=NC(=O)COc2cc(C)ccc2C(C)C)c2ccccc21. The molecule has 3 aromatic rings. The number of benzene rings is 2. The molecule has 0 saturated heterocycles. The molecule has 0 aliphatic carbocycles. The molecular formula is C27H36N4O3. The third-order valence-electron chi connectivity index (χ3n) is 5.74. The van der Waals surface area contributed by atoms with Gasteiger partial charge in [0.15, 0.2) is 12.3 Å². The molecule has 0 aliphatic heterocycles. The second-order valence-corrected chi connectivity index (χ2v) is 8.96. The van der Waals surface area contributed by atoms with Gasteiger partial charge in [-0.1, -0.05) is 58.0 Å². The van der Waals surface area contributed by atoms with E-state index in [2.05, 4.69) is 42.8 Å². The van der Waals surface area contributed by atoms with Crippen LogP contribution >= 0.6 is 0 Å². The number of carbonyl (C=O) groups excluding carboxylic acids is 1. The number of carbonyl (C=O) groups is 1. The minimum Gasteiger partial charge on any atom is -0.493 e. The van der Waals surface area contributed by atoms with Crippen LogP contribution in [0, 0.1) is 6.92 Å². The van der Waals surface area contributed by atoms with Crippen molar-refractivity contribution in [3.05, 3.63) is 53.6 Å². The molecule has 0 fully saturated rings. The monoisotopic (exact) mass is 464 g/mol. The minimum absolute atomic E-state index is 0.0108. The van der Waals surface area contributed by atoms with Gasteiger partial charge in [-0.25, -0.2) is 0 Å². The molecule has 182 valence electrons. The molecule has 1 heterocycles. The highest BCUT2D eigenvalue weighted by atomic mass is 16.5. The summed E-state index contributed by atoms with van der Waals surface area (Å²) >= 11 is 0. The lowest BCUT2D eigenvalue weighted by Gasteiger charge is -2.22. The third-order valence-corrected chi connectivity index (χ3v) is 5.74. The van der Waals surface area contributed by atoms with E-state index >= 15 is 0 Å². The van der Waals surface area contributed by atoms with Gasteiger partial charge in [0, 0.05) is 5.39 Å². The standard InChI is InChI=1S/C27H36N4O3/c1-6-14-30(15-7-2)18-31-23-11-9-8-10-22(23)26(27(31)33)29-28-25(32)17-34-24-16-20(5)12-13-21(24)19(3)4/h8-13,16,19,33H,6-7,14-15,17-18H2,1-5H3. The number of fused-ring (bicyclic) bond motifs is 1. The third kappa shape index (κ3) is 6.03. The first kappa shape index (κ1) is 25.4. The second kappa shape index (κ2) is 11.8. The summed E-state index contributed by atoms with van der Waals surface area (Å²) in [5, 5.41) is 19.7. The largest absolute Gasteiger partial charge is 0.493 e. The zero-order chi connectivity index (χ0) is 24.7. The quantitative estimate of drug-likeness (QED) is 0.326. The lowest BCUT2D eigenvalue weighted by atomic mass is 10.0. The average Bonchev–Trinajstić information content (AvgIpc) is 3.07. The molecule has 0 spiro atoms. The Kier molecular flexibility index (Phi) is 8.82. The first-order chi connectivity index (χ1) is 16.3. The van der Waals surface area contributed by atoms with Gasteiger partial charge < -0.3 is 9.84 Å². The number of aromatic nitrogens is 1. The molecule has 1 amide bonds. The molecule has 3 rings (SSSR count). The van der Waals surface area contributed by atoms with Crippen molar-refractivity contribution in [2.24, 2.45) is 10.2 Å². The molecular weight excluding hydrogens is 428 g/mol. The number of hydrogen-bond donors (Lipinski definition) is 1. The molecule has 1 aromatic heterocycles. The van der Waals surface area contributed by atoms with Crippen LogP contribution in [0.4, 0.5) is 5.69 Å². The Morgan fingerprint density at radius 1 is 1.12 bits per heavy atom. The Hall–Kier alpha value is -3.19. The summed E-state index contributed by atoms with van der Waals surface area (Å²) < 4.78 is 7.61. The molecule has 7 heteroatoms. The zero-order valence-electron chi connectivity index (χ0n) is 20.9. The minimum atomic E-state index is -0.508. The van der Waals surface area contributed by atoms with Crippen LogP contribution in [0.25, 0.3) is 10.9 Å². The van der Waals surface area contributed by atoms with Gasteiger partial charge >= 0.3 is 5.91 Å². The first-order valence-corrected chi connectivity index (χ1v) is 12.1. The molecule has 0 aliphatic rings. The molecule has 1 N–H and O–H groups in total. The molecule has 0 atom stereocenters. The van der Waals surface area contributed by atoms with Gasteiger partial charge in [-0.05, 0) is 62.0 Å². The van der Waals surface area contributed by atoms with E-state index in [1.807, 2.05) is 54.0 Å². The fourth-order valence-corrected chi connectivity index (χ4v) is 4.12. The summed E-state index contributed by atoms with van der Waals surface area (Å²) in [5.41, 5.74) is 3.26. The fourth-order valence-electron chi connectivity index (χ4n) is 4.12. The maximum Gasteiger partial charge on any atom is 0.302 e. The highest BCUT2D eigenvalue weighted by Crippen LogP contribution is 2.39. The van der Waals surface area contributed by atoms with Crippen LogP contribution in [0.3, 0.4) is 0 Å². The maximum atomic E-state index is 12.5. The Balaban J connectivity index is 1.81. The topological polar surface area (TPSA) is 79.4 Å². The van der Waals surface area contributed by atoms with Gasteiger partial charge in [0.05, 0.1) is 12.2 Å². The van der Waals surface area contributed by atoms with Crippen molar-refractivity contribution in [1.82, 2.24) is 9.47 Å². The molecule has 0 bridgehead atoms. The van der Waals surface area contributed by atoms with Crippen LogP contribution < -0.4 is 4.74 Å². The Morgan fingerprint density at radius 2 is 1.82 bits per heavy atom. The molecule has 7 nitrogen and oxygen atoms in total. The predicted octanol–water partition coefficient (Wildman–Crippen LogP) is 6.55. The summed E-state index contributed by atoms with van der Waals surface area (Å²) in [7, 11) is 0. The molecule has 0 unspecified atom stereocenters. The Morgan fingerprint density at radius 3 is 2.50 bits per heavy atom. The van der Waals surface area contributed by atoms with Crippen molar-refractivity contribution in [3.8, 4) is 11.6 Å². The Labute approximate surface area is 202 Å². The van der Waals surface area contributed by atoms with Crippen molar-refractivity contribution in [2.45, 2.75) is 60.0 Å². The summed E-state index contributed by atoms with van der Waals surface area (Å²) in [6.07, 6.45) is 2.06. The summed E-state index contributed by atoms with van der Waals surface area (Å²) in [6, 6.07) is 13.6. The van der Waals surface area contributed by atoms with E-state index in [0.29, 0.717) is 18.1 Å². The van der Waals surface area contributed by atoms with Crippen LogP contribution in [-0.2, 0) is 11.5 Å². The number of ether oxygens (including phenoxy) is 1. The van der Waals surface area contributed by atoms with Gasteiger partial charge in [0.2, 0.25) is 5.88 Å². The number of nitrogens with zero attached hydrogens (tertiary/aromatic N) is 4. The smallest absolute Gasteiger partial charge is 0.302 e. The van der Waals surface area contributed by atoms with Gasteiger partial charge in [-0.2, -0.15) is 0 Å². The number of hydrogen-bond acceptors (Lipinski definition) is 5. The molecule has 2 aromatic carbocycles. The lowest BCUT2D eigenvalue weighted by Crippen LogP contribution is -2.27. The fraction of sp³-hybridized carbons (Fsp3) is 0.444. The van der Waals surface area contributed by atoms with Crippen LogP contribution in [0.15, 0.2) is 52.7 Å². The van der Waals surface area contributed by atoms with Gasteiger partial charge in [0.1, 0.15) is 5.75 Å². The average molecular weight is 465 g/mol. The second-order valence-electron chi connectivity index (χ2n) is 8.96. The van der Waals surface area contributed by atoms with Gasteiger partial charge in [-0.15, -0.1) is 10.2 Å². The summed E-state index contributed by atoms with van der Waals surface area (Å²) in [5.74, 6) is 0.461. The number of aromatic hydroxyl groups is 1. The lowest BCUT2D eigenvalue weighted by molar-refractivity contribution is -0.120. The highest BCUT2D eigenvalue weighted by molar-refractivity contribution is 5.95. The number of para-hydroxylation sites is 1. The summed E-state index contributed by atoms with van der Waals surface area (Å²) in [4.78, 5) is 14.8. The van der Waals surface area contributed by atoms with E-state index in [1.165, 1.54) is 0 Å². The maximum absolute atomic E-state index is 12.5. The number of azo groups is 1. The van der Waals surface area contributed by atoms with E-state index in [0.717, 1.165) is 48.0 Å². The molecule has 34 heavy (non-hydrogen) atoms. The van der Waals surface area contributed by atoms with Crippen LogP contribution in [0.1, 0.15) is 57.6 Å². The van der Waals surface area contributed by atoms with Crippen molar-refractivity contribution in [2.75, 3.05) is 19.7 Å². The van der Waals surface area contributed by atoms with Crippen molar-refractivity contribution in [3.63, 3.8) is 0 Å². The van der Waals surface area contributed by atoms with Crippen molar-refractivity contribution < 1.29 is 14.6 Å². The van der Waals surface area contributed by atoms with Gasteiger partial charge in [-0.3, -0.25) is 14.3 Å². The van der Waals surface area contributed by atoms with Crippen LogP contribution in [-0.4, -0.2) is 40.2 Å². The molecule has 0 radical (unpaired) electrons. The summed E-state index contributed by atoms with van der Waals surface area (Å²) in [6.45, 7) is 12.6. The number of aryl methyl sites for hydroxylation is 1. The van der Waals surface area contributed by atoms with Crippen LogP contribution in [0.5, 0.6) is 11.6 Å². The number of rotatable bonds is 11. The zero-order valence-corrected chi connectivity index (χ0v) is 20.9. The van der Waals surface area contributed by atoms with Crippen LogP contribution in [0.2, 0.25) is 0 Å². The van der Waals surface area contributed by atoms with E-state index in [4.69, 9.17) is 4.74 Å². The van der Waals surface area contributed by atoms with E-state index in [-0.39, 0.29) is 18.4 Å². The van der Waals surface area contributed by atoms with E-state index < -0.39 is 5.91 Å². The number of amides is 1. The first-order valence-electron chi connectivity index (χ1n) is 12.1. The normalized spacial score (nSPS) is 11.9. The van der Waals surface area contributed by atoms with Crippen molar-refractivity contribution >= 4 is 22.5 Å². The predicted molar refractivity (Wildman–Crippen MR) is 136 cm³/mol. The van der Waals surface area contributed by atoms with E-state index in [9.17, 15) is 9.90 Å². The van der Waals surface area contributed by atoms with Gasteiger partial charge in [0.25, 0.3) is 0 Å². The molecule has 0 saturated carbocycles. The Bertz CT molecular complexity index is 1140. The highest BCUT2D eigenvalue weighted by Gasteiger charge is 2.18. The van der Waals surface area contributed by atoms with E-state index in [1.54, 1.807) is 0 Å².